The van der Waals surface area contributed by atoms with Crippen LogP contribution >= 0.6 is 0 Å². The molecule has 0 amide bonds. The van der Waals surface area contributed by atoms with Crippen LogP contribution < -0.4 is 5.32 Å². The molecule has 1 saturated carbocycles. The van der Waals surface area contributed by atoms with Gasteiger partial charge in [0.1, 0.15) is 0 Å². The first-order chi connectivity index (χ1) is 8.06. The highest BCUT2D eigenvalue weighted by Crippen LogP contribution is 2.28. The zero-order chi connectivity index (χ0) is 12.4. The number of nitro benzene ring substituents is 1. The average Bonchev–Trinajstić information content (AvgIpc) is 2.24. The first-order valence-electron chi connectivity index (χ1n) is 5.73. The monoisotopic (exact) mass is 236 g/mol. The maximum absolute atomic E-state index is 10.6. The number of non-ortho nitro benzene ring substituents is 1. The normalized spacial score (nSPS) is 22.9. The van der Waals surface area contributed by atoms with Crippen molar-refractivity contribution < 1.29 is 10.0 Å². The topological polar surface area (TPSA) is 75.4 Å². The Morgan fingerprint density at radius 3 is 2.76 bits per heavy atom. The minimum atomic E-state index is -0.390. The molecule has 0 aliphatic heterocycles. The number of nitro groups is 1. The van der Waals surface area contributed by atoms with Gasteiger partial charge in [0.25, 0.3) is 5.69 Å². The molecule has 2 rings (SSSR count). The molecular weight excluding hydrogens is 220 g/mol. The summed E-state index contributed by atoms with van der Waals surface area (Å²) in [5.41, 5.74) is 1.92. The van der Waals surface area contributed by atoms with Gasteiger partial charge in [0.2, 0.25) is 0 Å². The van der Waals surface area contributed by atoms with E-state index in [2.05, 4.69) is 5.32 Å². The highest BCUT2D eigenvalue weighted by atomic mass is 16.6. The minimum Gasteiger partial charge on any atom is -0.393 e. The van der Waals surface area contributed by atoms with E-state index in [1.165, 1.54) is 6.07 Å². The quantitative estimate of drug-likeness (QED) is 0.620. The molecule has 5 nitrogen and oxygen atoms in total. The first-order valence-corrected chi connectivity index (χ1v) is 5.73. The van der Waals surface area contributed by atoms with Crippen molar-refractivity contribution in [2.75, 3.05) is 11.9 Å². The van der Waals surface area contributed by atoms with Gasteiger partial charge in [-0.25, -0.2) is 0 Å². The fraction of sp³-hybridized carbons (Fsp3) is 0.500. The van der Waals surface area contributed by atoms with Crippen LogP contribution in [-0.2, 0) is 0 Å². The summed E-state index contributed by atoms with van der Waals surface area (Å²) in [4.78, 5) is 10.2. The second-order valence-corrected chi connectivity index (χ2v) is 4.63. The van der Waals surface area contributed by atoms with Crippen molar-refractivity contribution in [2.45, 2.75) is 25.9 Å². The fourth-order valence-electron chi connectivity index (χ4n) is 2.08. The van der Waals surface area contributed by atoms with Crippen molar-refractivity contribution in [3.8, 4) is 0 Å². The van der Waals surface area contributed by atoms with E-state index in [0.29, 0.717) is 5.92 Å². The van der Waals surface area contributed by atoms with Gasteiger partial charge in [0.05, 0.1) is 11.0 Å². The van der Waals surface area contributed by atoms with Gasteiger partial charge in [-0.3, -0.25) is 10.1 Å². The van der Waals surface area contributed by atoms with Crippen LogP contribution in [0.2, 0.25) is 0 Å². The highest BCUT2D eigenvalue weighted by Gasteiger charge is 2.26. The smallest absolute Gasteiger partial charge is 0.269 e. The van der Waals surface area contributed by atoms with Gasteiger partial charge in [-0.1, -0.05) is 0 Å². The van der Waals surface area contributed by atoms with E-state index >= 15 is 0 Å². The summed E-state index contributed by atoms with van der Waals surface area (Å²) in [6.07, 6.45) is 1.55. The van der Waals surface area contributed by atoms with Crippen molar-refractivity contribution in [2.24, 2.45) is 5.92 Å². The number of benzene rings is 1. The van der Waals surface area contributed by atoms with Crippen LogP contribution in [0, 0.1) is 23.0 Å². The Bertz CT molecular complexity index is 428. The van der Waals surface area contributed by atoms with E-state index in [4.69, 9.17) is 5.11 Å². The molecule has 17 heavy (non-hydrogen) atoms. The van der Waals surface area contributed by atoms with Crippen molar-refractivity contribution >= 4 is 11.4 Å². The lowest BCUT2D eigenvalue weighted by Gasteiger charge is -2.31. The standard InChI is InChI=1S/C12H16N2O3/c1-8-4-10(14(16)17)2-3-12(8)13-7-9-5-11(15)6-9/h2-4,9,11,13,15H,5-7H2,1H3. The minimum absolute atomic E-state index is 0.118. The third-order valence-corrected chi connectivity index (χ3v) is 3.21. The molecule has 0 saturated heterocycles. The molecule has 1 fully saturated rings. The van der Waals surface area contributed by atoms with Gasteiger partial charge in [-0.15, -0.1) is 0 Å². The van der Waals surface area contributed by atoms with Gasteiger partial charge in [0, 0.05) is 24.4 Å². The zero-order valence-electron chi connectivity index (χ0n) is 9.72. The van der Waals surface area contributed by atoms with Crippen molar-refractivity contribution in [1.29, 1.82) is 0 Å². The van der Waals surface area contributed by atoms with E-state index in [1.807, 2.05) is 6.92 Å². The van der Waals surface area contributed by atoms with E-state index in [-0.39, 0.29) is 16.7 Å². The lowest BCUT2D eigenvalue weighted by atomic mass is 9.82. The van der Waals surface area contributed by atoms with Gasteiger partial charge in [-0.2, -0.15) is 0 Å². The van der Waals surface area contributed by atoms with Crippen LogP contribution in [0.4, 0.5) is 11.4 Å². The zero-order valence-corrected chi connectivity index (χ0v) is 9.72. The number of aliphatic hydroxyl groups excluding tert-OH is 1. The van der Waals surface area contributed by atoms with Crippen LogP contribution in [0.1, 0.15) is 18.4 Å². The molecule has 0 unspecified atom stereocenters. The third kappa shape index (κ3) is 2.74. The molecule has 2 N–H and O–H groups in total. The number of nitrogens with zero attached hydrogens (tertiary/aromatic N) is 1. The molecule has 1 aliphatic carbocycles. The van der Waals surface area contributed by atoms with Gasteiger partial charge >= 0.3 is 0 Å². The molecule has 0 aromatic heterocycles. The van der Waals surface area contributed by atoms with E-state index in [9.17, 15) is 10.1 Å². The van der Waals surface area contributed by atoms with Crippen LogP contribution in [0.25, 0.3) is 0 Å². The Morgan fingerprint density at radius 2 is 2.24 bits per heavy atom. The molecule has 1 aliphatic rings. The van der Waals surface area contributed by atoms with Crippen LogP contribution in [-0.4, -0.2) is 22.7 Å². The lowest BCUT2D eigenvalue weighted by molar-refractivity contribution is -0.384. The predicted molar refractivity (Wildman–Crippen MR) is 65.1 cm³/mol. The van der Waals surface area contributed by atoms with Gasteiger partial charge in [-0.05, 0) is 37.3 Å². The number of anilines is 1. The molecule has 92 valence electrons. The third-order valence-electron chi connectivity index (χ3n) is 3.21. The van der Waals surface area contributed by atoms with E-state index in [0.717, 1.165) is 30.6 Å². The molecular formula is C12H16N2O3. The summed E-state index contributed by atoms with van der Waals surface area (Å²) >= 11 is 0. The molecule has 0 radical (unpaired) electrons. The van der Waals surface area contributed by atoms with Crippen LogP contribution in [0.5, 0.6) is 0 Å². The van der Waals surface area contributed by atoms with E-state index < -0.39 is 0 Å². The Balaban J connectivity index is 1.94. The Kier molecular flexibility index (Phi) is 3.28. The summed E-state index contributed by atoms with van der Waals surface area (Å²) < 4.78 is 0. The Labute approximate surface area is 99.6 Å². The molecule has 0 bridgehead atoms. The molecule has 1 aromatic carbocycles. The van der Waals surface area contributed by atoms with Gasteiger partial charge in [0.15, 0.2) is 0 Å². The molecule has 0 spiro atoms. The van der Waals surface area contributed by atoms with Crippen molar-refractivity contribution in [3.05, 3.63) is 33.9 Å². The second-order valence-electron chi connectivity index (χ2n) is 4.63. The summed E-state index contributed by atoms with van der Waals surface area (Å²) in [5.74, 6) is 0.514. The van der Waals surface area contributed by atoms with E-state index in [1.54, 1.807) is 12.1 Å². The summed E-state index contributed by atoms with van der Waals surface area (Å²) in [6.45, 7) is 2.67. The Morgan fingerprint density at radius 1 is 1.53 bits per heavy atom. The first kappa shape index (κ1) is 11.9. The maximum Gasteiger partial charge on any atom is 0.269 e. The van der Waals surface area contributed by atoms with Crippen molar-refractivity contribution in [1.82, 2.24) is 0 Å². The number of hydrogen-bond donors (Lipinski definition) is 2. The highest BCUT2D eigenvalue weighted by molar-refractivity contribution is 5.55. The number of aliphatic hydroxyl groups is 1. The summed E-state index contributed by atoms with van der Waals surface area (Å²) in [6, 6.07) is 4.81. The molecule has 1 aromatic rings. The number of rotatable bonds is 4. The second kappa shape index (κ2) is 4.71. The lowest BCUT2D eigenvalue weighted by Crippen LogP contribution is -2.33. The van der Waals surface area contributed by atoms with Gasteiger partial charge < -0.3 is 10.4 Å². The fourth-order valence-corrected chi connectivity index (χ4v) is 2.08. The maximum atomic E-state index is 10.6. The molecule has 5 heteroatoms. The van der Waals surface area contributed by atoms with Crippen LogP contribution in [0.15, 0.2) is 18.2 Å². The SMILES string of the molecule is Cc1cc([N+](=O)[O-])ccc1NCC1CC(O)C1. The average molecular weight is 236 g/mol. The van der Waals surface area contributed by atoms with Crippen molar-refractivity contribution in [3.63, 3.8) is 0 Å². The number of nitrogens with one attached hydrogen (secondary N) is 1. The summed E-state index contributed by atoms with van der Waals surface area (Å²) in [5, 5.41) is 23.0. The molecule has 0 heterocycles. The number of aryl methyl sites for hydroxylation is 1. The number of hydrogen-bond acceptors (Lipinski definition) is 4. The molecule has 0 atom stereocenters. The predicted octanol–water partition coefficient (Wildman–Crippen LogP) is 2.09. The Hall–Kier alpha value is -1.62. The largest absolute Gasteiger partial charge is 0.393 e. The summed E-state index contributed by atoms with van der Waals surface area (Å²) in [7, 11) is 0. The van der Waals surface area contributed by atoms with Crippen LogP contribution in [0.3, 0.4) is 0 Å².